The zero-order chi connectivity index (χ0) is 13.1. The Balaban J connectivity index is 2.24. The molecule has 0 atom stereocenters. The highest BCUT2D eigenvalue weighted by Crippen LogP contribution is 2.24. The number of aryl methyl sites for hydroxylation is 2. The third kappa shape index (κ3) is 2.79. The van der Waals surface area contributed by atoms with Gasteiger partial charge in [-0.25, -0.2) is 0 Å². The van der Waals surface area contributed by atoms with E-state index in [1.165, 1.54) is 0 Å². The Morgan fingerprint density at radius 1 is 1.11 bits per heavy atom. The molecule has 2 nitrogen and oxygen atoms in total. The van der Waals surface area contributed by atoms with E-state index < -0.39 is 0 Å². The highest BCUT2D eigenvalue weighted by molar-refractivity contribution is 9.10. The van der Waals surface area contributed by atoms with Gasteiger partial charge < -0.3 is 5.32 Å². The molecule has 3 heteroatoms. The molecule has 92 valence electrons. The van der Waals surface area contributed by atoms with Crippen molar-refractivity contribution in [2.45, 2.75) is 13.8 Å². The number of amides is 1. The zero-order valence-electron chi connectivity index (χ0n) is 10.3. The molecule has 0 fully saturated rings. The van der Waals surface area contributed by atoms with Gasteiger partial charge in [0, 0.05) is 10.0 Å². The number of halogens is 1. The SMILES string of the molecule is Cc1ccc(NC(=O)c2ccccc2C)c(Br)c1. The Labute approximate surface area is 115 Å². The van der Waals surface area contributed by atoms with E-state index in [1.807, 2.05) is 56.3 Å². The van der Waals surface area contributed by atoms with Crippen LogP contribution in [0.3, 0.4) is 0 Å². The van der Waals surface area contributed by atoms with E-state index >= 15 is 0 Å². The van der Waals surface area contributed by atoms with Gasteiger partial charge in [0.05, 0.1) is 5.69 Å². The summed E-state index contributed by atoms with van der Waals surface area (Å²) in [5.74, 6) is -0.0855. The topological polar surface area (TPSA) is 29.1 Å². The average Bonchev–Trinajstić information content (AvgIpc) is 2.33. The van der Waals surface area contributed by atoms with Crippen molar-refractivity contribution in [3.05, 3.63) is 63.6 Å². The first-order chi connectivity index (χ1) is 8.58. The molecule has 0 aliphatic carbocycles. The summed E-state index contributed by atoms with van der Waals surface area (Å²) in [4.78, 5) is 12.1. The van der Waals surface area contributed by atoms with Gasteiger partial charge in [0.15, 0.2) is 0 Å². The van der Waals surface area contributed by atoms with E-state index in [0.717, 1.165) is 21.3 Å². The summed E-state index contributed by atoms with van der Waals surface area (Å²) < 4.78 is 0.893. The molecule has 0 aromatic heterocycles. The Hall–Kier alpha value is -1.61. The van der Waals surface area contributed by atoms with Gasteiger partial charge >= 0.3 is 0 Å². The van der Waals surface area contributed by atoms with Gasteiger partial charge in [-0.2, -0.15) is 0 Å². The van der Waals surface area contributed by atoms with Crippen LogP contribution in [0.2, 0.25) is 0 Å². The summed E-state index contributed by atoms with van der Waals surface area (Å²) >= 11 is 3.45. The van der Waals surface area contributed by atoms with E-state index in [1.54, 1.807) is 0 Å². The lowest BCUT2D eigenvalue weighted by molar-refractivity contribution is 0.102. The van der Waals surface area contributed by atoms with Crippen LogP contribution in [0.4, 0.5) is 5.69 Å². The van der Waals surface area contributed by atoms with E-state index in [9.17, 15) is 4.79 Å². The third-order valence-corrected chi connectivity index (χ3v) is 3.42. The van der Waals surface area contributed by atoms with Crippen molar-refractivity contribution in [1.82, 2.24) is 0 Å². The maximum absolute atomic E-state index is 12.1. The van der Waals surface area contributed by atoms with Crippen molar-refractivity contribution in [3.63, 3.8) is 0 Å². The number of rotatable bonds is 2. The van der Waals surface area contributed by atoms with Gasteiger partial charge in [-0.3, -0.25) is 4.79 Å². The van der Waals surface area contributed by atoms with Crippen LogP contribution in [0.1, 0.15) is 21.5 Å². The van der Waals surface area contributed by atoms with Gasteiger partial charge in [0.2, 0.25) is 0 Å². The van der Waals surface area contributed by atoms with Gasteiger partial charge in [-0.05, 0) is 59.1 Å². The van der Waals surface area contributed by atoms with Crippen molar-refractivity contribution >= 4 is 27.5 Å². The molecule has 0 saturated heterocycles. The van der Waals surface area contributed by atoms with Gasteiger partial charge in [-0.1, -0.05) is 24.3 Å². The van der Waals surface area contributed by atoms with Crippen molar-refractivity contribution in [2.75, 3.05) is 5.32 Å². The molecule has 0 spiro atoms. The van der Waals surface area contributed by atoms with Crippen LogP contribution in [-0.2, 0) is 0 Å². The maximum atomic E-state index is 12.1. The number of hydrogen-bond acceptors (Lipinski definition) is 1. The molecular weight excluding hydrogens is 290 g/mol. The van der Waals surface area contributed by atoms with Crippen LogP contribution in [0.25, 0.3) is 0 Å². The lowest BCUT2D eigenvalue weighted by Gasteiger charge is -2.09. The van der Waals surface area contributed by atoms with Crippen LogP contribution in [-0.4, -0.2) is 5.91 Å². The molecule has 0 unspecified atom stereocenters. The molecule has 0 radical (unpaired) electrons. The lowest BCUT2D eigenvalue weighted by Crippen LogP contribution is -2.13. The minimum absolute atomic E-state index is 0.0855. The molecule has 1 N–H and O–H groups in total. The number of nitrogens with one attached hydrogen (secondary N) is 1. The Bertz CT molecular complexity index is 593. The Kier molecular flexibility index (Phi) is 3.82. The van der Waals surface area contributed by atoms with E-state index in [4.69, 9.17) is 0 Å². The van der Waals surface area contributed by atoms with E-state index in [2.05, 4.69) is 21.2 Å². The third-order valence-electron chi connectivity index (χ3n) is 2.76. The number of benzene rings is 2. The fourth-order valence-electron chi connectivity index (χ4n) is 1.74. The van der Waals surface area contributed by atoms with Gasteiger partial charge in [0.25, 0.3) is 5.91 Å². The zero-order valence-corrected chi connectivity index (χ0v) is 11.9. The monoisotopic (exact) mass is 303 g/mol. The summed E-state index contributed by atoms with van der Waals surface area (Å²) in [6, 6.07) is 13.4. The quantitative estimate of drug-likeness (QED) is 0.879. The smallest absolute Gasteiger partial charge is 0.255 e. The molecule has 2 rings (SSSR count). The minimum atomic E-state index is -0.0855. The normalized spacial score (nSPS) is 10.2. The molecule has 0 bridgehead atoms. The fourth-order valence-corrected chi connectivity index (χ4v) is 2.33. The second kappa shape index (κ2) is 5.36. The summed E-state index contributed by atoms with van der Waals surface area (Å²) in [6.07, 6.45) is 0. The maximum Gasteiger partial charge on any atom is 0.255 e. The second-order valence-electron chi connectivity index (χ2n) is 4.25. The standard InChI is InChI=1S/C15H14BrNO/c1-10-7-8-14(13(16)9-10)17-15(18)12-6-4-3-5-11(12)2/h3-9H,1-2H3,(H,17,18). The Morgan fingerprint density at radius 2 is 1.83 bits per heavy atom. The first-order valence-electron chi connectivity index (χ1n) is 5.71. The number of anilines is 1. The van der Waals surface area contributed by atoms with Crippen LogP contribution < -0.4 is 5.32 Å². The predicted molar refractivity (Wildman–Crippen MR) is 78.0 cm³/mol. The molecule has 0 aliphatic heterocycles. The first-order valence-corrected chi connectivity index (χ1v) is 6.50. The molecule has 2 aromatic rings. The van der Waals surface area contributed by atoms with Crippen LogP contribution in [0.5, 0.6) is 0 Å². The predicted octanol–water partition coefficient (Wildman–Crippen LogP) is 4.32. The molecule has 0 heterocycles. The van der Waals surface area contributed by atoms with E-state index in [-0.39, 0.29) is 5.91 Å². The van der Waals surface area contributed by atoms with Crippen molar-refractivity contribution in [2.24, 2.45) is 0 Å². The van der Waals surface area contributed by atoms with Crippen molar-refractivity contribution < 1.29 is 4.79 Å². The highest BCUT2D eigenvalue weighted by Gasteiger charge is 2.10. The number of carbonyl (C=O) groups excluding carboxylic acids is 1. The van der Waals surface area contributed by atoms with E-state index in [0.29, 0.717) is 5.56 Å². The largest absolute Gasteiger partial charge is 0.321 e. The molecule has 2 aromatic carbocycles. The summed E-state index contributed by atoms with van der Waals surface area (Å²) in [7, 11) is 0. The van der Waals surface area contributed by atoms with Crippen LogP contribution in [0.15, 0.2) is 46.9 Å². The van der Waals surface area contributed by atoms with Gasteiger partial charge in [0.1, 0.15) is 0 Å². The molecule has 18 heavy (non-hydrogen) atoms. The Morgan fingerprint density at radius 3 is 2.50 bits per heavy atom. The van der Waals surface area contributed by atoms with Crippen molar-refractivity contribution in [1.29, 1.82) is 0 Å². The number of carbonyl (C=O) groups is 1. The van der Waals surface area contributed by atoms with Crippen molar-refractivity contribution in [3.8, 4) is 0 Å². The summed E-state index contributed by atoms with van der Waals surface area (Å²) in [5.41, 5.74) is 3.60. The lowest BCUT2D eigenvalue weighted by atomic mass is 10.1. The molecule has 0 saturated carbocycles. The highest BCUT2D eigenvalue weighted by atomic mass is 79.9. The molecular formula is C15H14BrNO. The van der Waals surface area contributed by atoms with Gasteiger partial charge in [-0.15, -0.1) is 0 Å². The average molecular weight is 304 g/mol. The summed E-state index contributed by atoms with van der Waals surface area (Å²) in [5, 5.41) is 2.91. The molecule has 1 amide bonds. The van der Waals surface area contributed by atoms with Crippen LogP contribution >= 0.6 is 15.9 Å². The second-order valence-corrected chi connectivity index (χ2v) is 5.11. The molecule has 0 aliphatic rings. The van der Waals surface area contributed by atoms with Crippen LogP contribution in [0, 0.1) is 13.8 Å². The first kappa shape index (κ1) is 12.8. The minimum Gasteiger partial charge on any atom is -0.321 e. The fraction of sp³-hybridized carbons (Fsp3) is 0.133. The number of hydrogen-bond donors (Lipinski definition) is 1. The summed E-state index contributed by atoms with van der Waals surface area (Å²) in [6.45, 7) is 3.94.